The van der Waals surface area contributed by atoms with Crippen LogP contribution in [0.1, 0.15) is 31.0 Å². The standard InChI is InChI=1S/C15H15F3N2O2/c16-15(17,18)14-8-12(9-4-6-10(21)7-5-9)20(19-14)11-2-1-3-13(11)22/h4-8,11,13,21-22H,1-3H2/t11-,13-/m1/s1. The molecule has 3 rings (SSSR count). The molecule has 4 nitrogen and oxygen atoms in total. The Kier molecular flexibility index (Phi) is 3.60. The maximum Gasteiger partial charge on any atom is 0.435 e. The lowest BCUT2D eigenvalue weighted by atomic mass is 10.1. The number of halogens is 3. The number of rotatable bonds is 2. The minimum atomic E-state index is -4.54. The van der Waals surface area contributed by atoms with E-state index < -0.39 is 24.0 Å². The molecule has 2 aromatic rings. The minimum Gasteiger partial charge on any atom is -0.508 e. The van der Waals surface area contributed by atoms with E-state index >= 15 is 0 Å². The van der Waals surface area contributed by atoms with Crippen LogP contribution in [0.2, 0.25) is 0 Å². The van der Waals surface area contributed by atoms with Crippen molar-refractivity contribution >= 4 is 0 Å². The van der Waals surface area contributed by atoms with Gasteiger partial charge in [-0.15, -0.1) is 0 Å². The number of aliphatic hydroxyl groups is 1. The first-order valence-corrected chi connectivity index (χ1v) is 7.00. The summed E-state index contributed by atoms with van der Waals surface area (Å²) in [7, 11) is 0. The van der Waals surface area contributed by atoms with Gasteiger partial charge in [0.25, 0.3) is 0 Å². The number of alkyl halides is 3. The summed E-state index contributed by atoms with van der Waals surface area (Å²) < 4.78 is 40.2. The Morgan fingerprint density at radius 1 is 1.14 bits per heavy atom. The lowest BCUT2D eigenvalue weighted by molar-refractivity contribution is -0.141. The minimum absolute atomic E-state index is 0.0340. The number of phenolic OH excluding ortho intramolecular Hbond substituents is 1. The molecule has 1 saturated carbocycles. The highest BCUT2D eigenvalue weighted by atomic mass is 19.4. The van der Waals surface area contributed by atoms with Gasteiger partial charge in [-0.1, -0.05) is 0 Å². The molecule has 0 unspecified atom stereocenters. The maximum absolute atomic E-state index is 13.0. The van der Waals surface area contributed by atoms with Crippen LogP contribution in [0.15, 0.2) is 30.3 Å². The summed E-state index contributed by atoms with van der Waals surface area (Å²) >= 11 is 0. The van der Waals surface area contributed by atoms with Crippen LogP contribution in [0.4, 0.5) is 13.2 Å². The van der Waals surface area contributed by atoms with Crippen LogP contribution in [-0.2, 0) is 6.18 Å². The number of hydrogen-bond donors (Lipinski definition) is 2. The molecule has 7 heteroatoms. The number of nitrogens with zero attached hydrogens (tertiary/aromatic N) is 2. The van der Waals surface area contributed by atoms with E-state index in [1.807, 2.05) is 0 Å². The molecule has 0 amide bonds. The van der Waals surface area contributed by atoms with E-state index in [9.17, 15) is 23.4 Å². The highest BCUT2D eigenvalue weighted by Crippen LogP contribution is 2.37. The fourth-order valence-corrected chi connectivity index (χ4v) is 2.84. The highest BCUT2D eigenvalue weighted by Gasteiger charge is 2.37. The van der Waals surface area contributed by atoms with Crippen molar-refractivity contribution in [2.45, 2.75) is 37.6 Å². The summed E-state index contributed by atoms with van der Waals surface area (Å²) in [6, 6.07) is 6.40. The molecule has 1 aromatic heterocycles. The molecule has 0 spiro atoms. The smallest absolute Gasteiger partial charge is 0.435 e. The number of hydrogen-bond acceptors (Lipinski definition) is 3. The zero-order valence-electron chi connectivity index (χ0n) is 11.6. The summed E-state index contributed by atoms with van der Waals surface area (Å²) in [4.78, 5) is 0. The average Bonchev–Trinajstić information content (AvgIpc) is 3.05. The third-order valence-electron chi connectivity index (χ3n) is 3.95. The Morgan fingerprint density at radius 3 is 2.36 bits per heavy atom. The van der Waals surface area contributed by atoms with E-state index in [0.717, 1.165) is 12.5 Å². The Morgan fingerprint density at radius 2 is 1.82 bits per heavy atom. The van der Waals surface area contributed by atoms with Crippen LogP contribution < -0.4 is 0 Å². The molecule has 1 aromatic carbocycles. The molecule has 2 N–H and O–H groups in total. The third-order valence-corrected chi connectivity index (χ3v) is 3.95. The van der Waals surface area contributed by atoms with Crippen molar-refractivity contribution in [2.75, 3.05) is 0 Å². The maximum atomic E-state index is 13.0. The molecule has 0 bridgehead atoms. The first-order chi connectivity index (χ1) is 10.4. The van der Waals surface area contributed by atoms with Crippen LogP contribution in [0.5, 0.6) is 5.75 Å². The SMILES string of the molecule is Oc1ccc(-c2cc(C(F)(F)F)nn2[C@@H]2CCC[C@H]2O)cc1. The van der Waals surface area contributed by atoms with Gasteiger partial charge in [0.15, 0.2) is 5.69 Å². The lowest BCUT2D eigenvalue weighted by Gasteiger charge is -2.18. The van der Waals surface area contributed by atoms with Gasteiger partial charge < -0.3 is 10.2 Å². The summed E-state index contributed by atoms with van der Waals surface area (Å²) in [5.74, 6) is 0.0340. The molecule has 0 saturated heterocycles. The molecule has 1 fully saturated rings. The van der Waals surface area contributed by atoms with Crippen molar-refractivity contribution in [1.82, 2.24) is 9.78 Å². The van der Waals surface area contributed by atoms with Gasteiger partial charge in [-0.3, -0.25) is 4.68 Å². The number of phenols is 1. The van der Waals surface area contributed by atoms with E-state index in [1.165, 1.54) is 28.9 Å². The molecule has 0 radical (unpaired) electrons. The molecule has 0 aliphatic heterocycles. The zero-order chi connectivity index (χ0) is 15.9. The summed E-state index contributed by atoms with van der Waals surface area (Å²) in [5, 5.41) is 23.0. The van der Waals surface area contributed by atoms with E-state index in [0.29, 0.717) is 24.1 Å². The lowest BCUT2D eigenvalue weighted by Crippen LogP contribution is -2.21. The van der Waals surface area contributed by atoms with Crippen LogP contribution in [0.3, 0.4) is 0 Å². The predicted octanol–water partition coefficient (Wildman–Crippen LogP) is 3.36. The Labute approximate surface area is 124 Å². The van der Waals surface area contributed by atoms with Gasteiger partial charge in [0, 0.05) is 5.56 Å². The second kappa shape index (κ2) is 5.31. The molecule has 118 valence electrons. The molecular formula is C15H15F3N2O2. The van der Waals surface area contributed by atoms with Crippen molar-refractivity contribution in [3.05, 3.63) is 36.0 Å². The number of benzene rings is 1. The molecule has 1 aliphatic carbocycles. The van der Waals surface area contributed by atoms with Crippen LogP contribution >= 0.6 is 0 Å². The first-order valence-electron chi connectivity index (χ1n) is 7.00. The van der Waals surface area contributed by atoms with Gasteiger partial charge in [0.1, 0.15) is 5.75 Å². The quantitative estimate of drug-likeness (QED) is 0.894. The van der Waals surface area contributed by atoms with Crippen molar-refractivity contribution in [3.8, 4) is 17.0 Å². The number of aromatic hydroxyl groups is 1. The fourth-order valence-electron chi connectivity index (χ4n) is 2.84. The van der Waals surface area contributed by atoms with Crippen molar-refractivity contribution in [3.63, 3.8) is 0 Å². The second-order valence-corrected chi connectivity index (χ2v) is 5.47. The van der Waals surface area contributed by atoms with E-state index in [1.54, 1.807) is 0 Å². The highest BCUT2D eigenvalue weighted by molar-refractivity contribution is 5.61. The third kappa shape index (κ3) is 2.68. The van der Waals surface area contributed by atoms with Gasteiger partial charge >= 0.3 is 6.18 Å². The molecular weight excluding hydrogens is 297 g/mol. The normalized spacial score (nSPS) is 22.2. The second-order valence-electron chi connectivity index (χ2n) is 5.47. The average molecular weight is 312 g/mol. The molecule has 22 heavy (non-hydrogen) atoms. The van der Waals surface area contributed by atoms with E-state index in [2.05, 4.69) is 5.10 Å². The summed E-state index contributed by atoms with van der Waals surface area (Å²) in [6.45, 7) is 0. The van der Waals surface area contributed by atoms with Crippen molar-refractivity contribution in [1.29, 1.82) is 0 Å². The topological polar surface area (TPSA) is 58.3 Å². The monoisotopic (exact) mass is 312 g/mol. The van der Waals surface area contributed by atoms with Crippen LogP contribution in [0.25, 0.3) is 11.3 Å². The molecule has 1 heterocycles. The first kappa shape index (κ1) is 14.9. The van der Waals surface area contributed by atoms with Gasteiger partial charge in [0.2, 0.25) is 0 Å². The molecule has 1 aliphatic rings. The predicted molar refractivity (Wildman–Crippen MR) is 73.2 cm³/mol. The Hall–Kier alpha value is -2.02. The van der Waals surface area contributed by atoms with Crippen molar-refractivity contribution < 1.29 is 23.4 Å². The van der Waals surface area contributed by atoms with E-state index in [-0.39, 0.29) is 5.75 Å². The van der Waals surface area contributed by atoms with Crippen LogP contribution in [0, 0.1) is 0 Å². The fraction of sp³-hybridized carbons (Fsp3) is 0.400. The van der Waals surface area contributed by atoms with Gasteiger partial charge in [-0.05, 0) is 49.6 Å². The summed E-state index contributed by atoms with van der Waals surface area (Å²) in [6.07, 6.45) is -3.34. The molecule has 2 atom stereocenters. The Balaban J connectivity index is 2.10. The van der Waals surface area contributed by atoms with Crippen LogP contribution in [-0.4, -0.2) is 26.1 Å². The number of aliphatic hydroxyl groups excluding tert-OH is 1. The Bertz CT molecular complexity index is 664. The van der Waals surface area contributed by atoms with Gasteiger partial charge in [-0.2, -0.15) is 18.3 Å². The van der Waals surface area contributed by atoms with Gasteiger partial charge in [-0.25, -0.2) is 0 Å². The zero-order valence-corrected chi connectivity index (χ0v) is 11.6. The largest absolute Gasteiger partial charge is 0.508 e. The number of aromatic nitrogens is 2. The van der Waals surface area contributed by atoms with E-state index in [4.69, 9.17) is 0 Å². The summed E-state index contributed by atoms with van der Waals surface area (Å²) in [5.41, 5.74) is -0.173. The van der Waals surface area contributed by atoms with Crippen molar-refractivity contribution in [2.24, 2.45) is 0 Å². The van der Waals surface area contributed by atoms with Gasteiger partial charge in [0.05, 0.1) is 17.8 Å².